The summed E-state index contributed by atoms with van der Waals surface area (Å²) in [5, 5.41) is 9.00. The average molecular weight is 555 g/mol. The van der Waals surface area contributed by atoms with Gasteiger partial charge in [0.05, 0.1) is 24.7 Å². The zero-order chi connectivity index (χ0) is 29.0. The van der Waals surface area contributed by atoms with Crippen LogP contribution < -0.4 is 16.0 Å². The molecule has 2 aliphatic heterocycles. The Morgan fingerprint density at radius 1 is 1.02 bits per heavy atom. The van der Waals surface area contributed by atoms with Gasteiger partial charge in [0.15, 0.2) is 0 Å². The Balaban J connectivity index is 1.33. The zero-order valence-electron chi connectivity index (χ0n) is 23.8. The molecule has 3 N–H and O–H groups in total. The second kappa shape index (κ2) is 12.1. The van der Waals surface area contributed by atoms with Crippen LogP contribution in [0.1, 0.15) is 54.1 Å². The number of amidine groups is 1. The first-order valence-electron chi connectivity index (χ1n) is 14.2. The third-order valence-electron chi connectivity index (χ3n) is 8.25. The molecule has 2 heterocycles. The zero-order valence-corrected chi connectivity index (χ0v) is 23.8. The number of hydrogen-bond donors (Lipinski definition) is 3. The Hall–Kier alpha value is -4.24. The van der Waals surface area contributed by atoms with E-state index in [-0.39, 0.29) is 29.4 Å². The molecule has 0 saturated heterocycles. The summed E-state index contributed by atoms with van der Waals surface area (Å²) < 4.78 is 0. The fourth-order valence-electron chi connectivity index (χ4n) is 6.24. The molecule has 214 valence electrons. The molecular weight excluding hydrogens is 516 g/mol. The summed E-state index contributed by atoms with van der Waals surface area (Å²) >= 11 is 0. The lowest BCUT2D eigenvalue weighted by molar-refractivity contribution is -0.111. The molecule has 5 rings (SSSR count). The summed E-state index contributed by atoms with van der Waals surface area (Å²) in [5.41, 5.74) is 3.83. The third kappa shape index (κ3) is 5.95. The van der Waals surface area contributed by atoms with Crippen LogP contribution in [0.4, 0.5) is 10.5 Å². The van der Waals surface area contributed by atoms with E-state index >= 15 is 0 Å². The van der Waals surface area contributed by atoms with Gasteiger partial charge in [0, 0.05) is 23.4 Å². The Morgan fingerprint density at radius 3 is 2.39 bits per heavy atom. The quantitative estimate of drug-likeness (QED) is 0.444. The highest BCUT2D eigenvalue weighted by molar-refractivity contribution is 6.15. The molecule has 1 aliphatic carbocycles. The molecule has 3 aliphatic rings. The number of likely N-dealkylation sites (N-methyl/N-ethyl adjacent to an activating group) is 1. The van der Waals surface area contributed by atoms with Crippen LogP contribution in [0.25, 0.3) is 0 Å². The summed E-state index contributed by atoms with van der Waals surface area (Å²) in [6.07, 6.45) is 6.25. The Morgan fingerprint density at radius 2 is 1.73 bits per heavy atom. The molecule has 0 radical (unpaired) electrons. The number of fused-ring (bicyclic) bond motifs is 1. The number of carbonyl (C=O) groups excluding carboxylic acids is 3. The molecule has 1 atom stereocenters. The van der Waals surface area contributed by atoms with Gasteiger partial charge < -0.3 is 25.8 Å². The minimum atomic E-state index is -0.377. The molecule has 41 heavy (non-hydrogen) atoms. The summed E-state index contributed by atoms with van der Waals surface area (Å²) in [4.78, 5) is 47.5. The van der Waals surface area contributed by atoms with E-state index in [1.54, 1.807) is 24.3 Å². The molecule has 9 heteroatoms. The summed E-state index contributed by atoms with van der Waals surface area (Å²) in [6, 6.07) is 16.5. The highest BCUT2D eigenvalue weighted by Gasteiger charge is 2.52. The standard InChI is InChI=1S/C32H38N6O3/c1-4-28(39)34-24-15-13-23(14-16-24)30(40)36-29-25-20-38(32(26(25)19-33-29)17-9-6-10-18-32)31(41)35-27(21-37(2)3)22-11-7-5-8-12-22/h4-5,7-8,11-16,27H,1,6,9-10,17-21H2,2-3H3,(H,34,39)(H,35,41)(H,33,36,40)/t27-/m1/s1. The lowest BCUT2D eigenvalue weighted by Crippen LogP contribution is -2.55. The van der Waals surface area contributed by atoms with Gasteiger partial charge in [0.1, 0.15) is 5.84 Å². The number of urea groups is 1. The van der Waals surface area contributed by atoms with Crippen molar-refractivity contribution in [3.63, 3.8) is 0 Å². The highest BCUT2D eigenvalue weighted by Crippen LogP contribution is 2.47. The summed E-state index contributed by atoms with van der Waals surface area (Å²) in [7, 11) is 4.01. The number of anilines is 1. The van der Waals surface area contributed by atoms with Gasteiger partial charge in [0.25, 0.3) is 5.91 Å². The van der Waals surface area contributed by atoms with E-state index in [1.807, 2.05) is 49.3 Å². The smallest absolute Gasteiger partial charge is 0.318 e. The van der Waals surface area contributed by atoms with Crippen molar-refractivity contribution in [2.45, 2.75) is 43.7 Å². The second-order valence-corrected chi connectivity index (χ2v) is 11.2. The predicted molar refractivity (Wildman–Crippen MR) is 161 cm³/mol. The molecule has 1 fully saturated rings. The predicted octanol–water partition coefficient (Wildman–Crippen LogP) is 4.28. The van der Waals surface area contributed by atoms with Crippen LogP contribution in [-0.2, 0) is 4.79 Å². The maximum absolute atomic E-state index is 14.0. The molecule has 9 nitrogen and oxygen atoms in total. The first kappa shape index (κ1) is 28.3. The van der Waals surface area contributed by atoms with Crippen LogP contribution in [0.15, 0.2) is 83.4 Å². The van der Waals surface area contributed by atoms with E-state index in [9.17, 15) is 14.4 Å². The number of aliphatic imine (C=N–C) groups is 1. The van der Waals surface area contributed by atoms with Crippen LogP contribution in [0.3, 0.4) is 0 Å². The van der Waals surface area contributed by atoms with Crippen molar-refractivity contribution in [3.8, 4) is 0 Å². The fourth-order valence-corrected chi connectivity index (χ4v) is 6.24. The van der Waals surface area contributed by atoms with E-state index in [2.05, 4.69) is 27.4 Å². The minimum Gasteiger partial charge on any atom is -0.330 e. The Kier molecular flexibility index (Phi) is 8.35. The molecule has 4 amide bonds. The van der Waals surface area contributed by atoms with Gasteiger partial charge in [-0.15, -0.1) is 0 Å². The van der Waals surface area contributed by atoms with E-state index < -0.39 is 0 Å². The van der Waals surface area contributed by atoms with Gasteiger partial charge in [-0.3, -0.25) is 14.6 Å². The number of carbonyl (C=O) groups is 3. The van der Waals surface area contributed by atoms with Crippen molar-refractivity contribution in [1.29, 1.82) is 0 Å². The van der Waals surface area contributed by atoms with E-state index in [1.165, 1.54) is 6.08 Å². The normalized spacial score (nSPS) is 18.1. The van der Waals surface area contributed by atoms with Gasteiger partial charge in [0.2, 0.25) is 5.91 Å². The topological polar surface area (TPSA) is 106 Å². The maximum atomic E-state index is 14.0. The molecule has 0 aromatic heterocycles. The molecule has 1 saturated carbocycles. The van der Waals surface area contributed by atoms with Crippen LogP contribution >= 0.6 is 0 Å². The van der Waals surface area contributed by atoms with Gasteiger partial charge in [-0.05, 0) is 68.4 Å². The number of nitrogens with one attached hydrogen (secondary N) is 3. The number of nitrogens with zero attached hydrogens (tertiary/aromatic N) is 3. The van der Waals surface area contributed by atoms with Crippen LogP contribution in [0.5, 0.6) is 0 Å². The van der Waals surface area contributed by atoms with Gasteiger partial charge in [-0.25, -0.2) is 4.79 Å². The third-order valence-corrected chi connectivity index (χ3v) is 8.25. The monoisotopic (exact) mass is 554 g/mol. The fraction of sp³-hybridized carbons (Fsp3) is 0.375. The van der Waals surface area contributed by atoms with E-state index in [4.69, 9.17) is 4.99 Å². The molecule has 1 spiro atoms. The highest BCUT2D eigenvalue weighted by atomic mass is 16.2. The van der Waals surface area contributed by atoms with Crippen molar-refractivity contribution < 1.29 is 14.4 Å². The first-order chi connectivity index (χ1) is 19.8. The second-order valence-electron chi connectivity index (χ2n) is 11.2. The summed E-state index contributed by atoms with van der Waals surface area (Å²) in [6.45, 7) is 5.03. The minimum absolute atomic E-state index is 0.0835. The van der Waals surface area contributed by atoms with Crippen LogP contribution in [-0.4, -0.2) is 72.7 Å². The number of hydrogen-bond acceptors (Lipinski definition) is 5. The van der Waals surface area contributed by atoms with Gasteiger partial charge >= 0.3 is 6.03 Å². The number of benzene rings is 2. The SMILES string of the molecule is C=CC(=O)Nc1ccc(C(=O)NC2=NCC3=C2CN(C(=O)N[C@H](CN(C)C)c2ccccc2)C32CCCCC2)cc1. The van der Waals surface area contributed by atoms with Gasteiger partial charge in [-0.2, -0.15) is 0 Å². The van der Waals surface area contributed by atoms with Gasteiger partial charge in [-0.1, -0.05) is 56.2 Å². The summed E-state index contributed by atoms with van der Waals surface area (Å²) in [5.74, 6) is -0.0535. The molecule has 2 aromatic carbocycles. The largest absolute Gasteiger partial charge is 0.330 e. The molecule has 2 aromatic rings. The van der Waals surface area contributed by atoms with Crippen molar-refractivity contribution in [2.75, 3.05) is 39.0 Å². The van der Waals surface area contributed by atoms with Crippen molar-refractivity contribution in [2.24, 2.45) is 4.99 Å². The first-order valence-corrected chi connectivity index (χ1v) is 14.2. The molecule has 0 unspecified atom stereocenters. The van der Waals surface area contributed by atoms with Crippen molar-refractivity contribution in [1.82, 2.24) is 20.4 Å². The Bertz CT molecular complexity index is 1370. The van der Waals surface area contributed by atoms with E-state index in [0.717, 1.165) is 48.8 Å². The molecule has 0 bridgehead atoms. The number of rotatable bonds is 7. The van der Waals surface area contributed by atoms with Crippen LogP contribution in [0, 0.1) is 0 Å². The van der Waals surface area contributed by atoms with E-state index in [0.29, 0.717) is 36.7 Å². The lowest BCUT2D eigenvalue weighted by atomic mass is 9.76. The lowest BCUT2D eigenvalue weighted by Gasteiger charge is -2.44. The van der Waals surface area contributed by atoms with Crippen LogP contribution in [0.2, 0.25) is 0 Å². The molecular formula is C32H38N6O3. The Labute approximate surface area is 241 Å². The maximum Gasteiger partial charge on any atom is 0.318 e. The average Bonchev–Trinajstić information content (AvgIpc) is 3.52. The van der Waals surface area contributed by atoms with Crippen molar-refractivity contribution in [3.05, 3.63) is 89.5 Å². The van der Waals surface area contributed by atoms with Crippen molar-refractivity contribution >= 4 is 29.4 Å². The number of amides is 4.